The summed E-state index contributed by atoms with van der Waals surface area (Å²) in [5.41, 5.74) is -0.520. The number of carbonyl (C=O) groups is 1. The second-order valence-electron chi connectivity index (χ2n) is 2.98. The highest BCUT2D eigenvalue weighted by Crippen LogP contribution is 2.34. The molecule has 0 aliphatic carbocycles. The normalized spacial score (nSPS) is 12.5. The number of benzene rings is 1. The van der Waals surface area contributed by atoms with Crippen molar-refractivity contribution >= 4 is 17.6 Å². The molecule has 1 aromatic rings. The Morgan fingerprint density at radius 1 is 1.53 bits per heavy atom. The number of aliphatic carboxylic acids is 1. The average Bonchev–Trinajstić information content (AvgIpc) is 2.14. The fraction of sp³-hybridized carbons (Fsp3) is 0.222. The molecule has 0 radical (unpaired) electrons. The number of aromatic hydroxyl groups is 1. The Hall–Kier alpha value is -1.36. The Morgan fingerprint density at radius 2 is 2.07 bits per heavy atom. The third-order valence-corrected chi connectivity index (χ3v) is 2.33. The van der Waals surface area contributed by atoms with Gasteiger partial charge >= 0.3 is 5.97 Å². The molecule has 0 bridgehead atoms. The molecule has 0 heterocycles. The molecule has 0 aromatic heterocycles. The number of carboxylic acids is 1. The van der Waals surface area contributed by atoms with Crippen LogP contribution in [0.5, 0.6) is 5.75 Å². The summed E-state index contributed by atoms with van der Waals surface area (Å²) >= 11 is 5.25. The topological polar surface area (TPSA) is 57.5 Å². The summed E-state index contributed by atoms with van der Waals surface area (Å²) in [6, 6.07) is 0.584. The fourth-order valence-electron chi connectivity index (χ4n) is 1.13. The molecule has 3 nitrogen and oxygen atoms in total. The van der Waals surface area contributed by atoms with Crippen LogP contribution in [-0.4, -0.2) is 16.2 Å². The molecule has 15 heavy (non-hydrogen) atoms. The third-order valence-electron chi connectivity index (χ3n) is 1.98. The van der Waals surface area contributed by atoms with Gasteiger partial charge in [-0.2, -0.15) is 0 Å². The first-order valence-corrected chi connectivity index (χ1v) is 4.33. The molecule has 1 rings (SSSR count). The van der Waals surface area contributed by atoms with Gasteiger partial charge in [-0.3, -0.25) is 4.79 Å². The zero-order valence-corrected chi connectivity index (χ0v) is 8.35. The summed E-state index contributed by atoms with van der Waals surface area (Å²) in [5.74, 6) is -5.78. The van der Waals surface area contributed by atoms with E-state index in [0.717, 1.165) is 6.92 Å². The van der Waals surface area contributed by atoms with Crippen molar-refractivity contribution in [2.45, 2.75) is 12.8 Å². The van der Waals surface area contributed by atoms with Crippen molar-refractivity contribution in [2.24, 2.45) is 0 Å². The van der Waals surface area contributed by atoms with Crippen LogP contribution in [0.1, 0.15) is 18.4 Å². The standard InChI is InChI=1S/C9H7ClF2O3/c1-3(9(14)15)6-5(13)2-4(11)7(10)8(6)12/h2-3,13H,1H3,(H,14,15). The lowest BCUT2D eigenvalue weighted by Crippen LogP contribution is -2.10. The molecule has 0 amide bonds. The minimum Gasteiger partial charge on any atom is -0.507 e. The lowest BCUT2D eigenvalue weighted by molar-refractivity contribution is -0.138. The molecule has 0 fully saturated rings. The summed E-state index contributed by atoms with van der Waals surface area (Å²) in [5, 5.41) is 17.0. The van der Waals surface area contributed by atoms with Crippen molar-refractivity contribution in [3.63, 3.8) is 0 Å². The molecule has 1 aromatic carbocycles. The molecule has 0 aliphatic rings. The lowest BCUT2D eigenvalue weighted by atomic mass is 9.99. The largest absolute Gasteiger partial charge is 0.507 e. The van der Waals surface area contributed by atoms with Crippen LogP contribution >= 0.6 is 11.6 Å². The van der Waals surface area contributed by atoms with Crippen molar-refractivity contribution in [3.8, 4) is 5.75 Å². The van der Waals surface area contributed by atoms with Crippen molar-refractivity contribution < 1.29 is 23.8 Å². The highest BCUT2D eigenvalue weighted by Gasteiger charge is 2.25. The number of phenols is 1. The minimum absolute atomic E-state index is 0.520. The van der Waals surface area contributed by atoms with E-state index in [4.69, 9.17) is 16.7 Å². The first-order valence-electron chi connectivity index (χ1n) is 3.95. The van der Waals surface area contributed by atoms with Crippen LogP contribution in [0.4, 0.5) is 8.78 Å². The lowest BCUT2D eigenvalue weighted by Gasteiger charge is -2.11. The van der Waals surface area contributed by atoms with Crippen LogP contribution < -0.4 is 0 Å². The zero-order chi connectivity index (χ0) is 11.7. The van der Waals surface area contributed by atoms with Crippen molar-refractivity contribution in [2.75, 3.05) is 0 Å². The van der Waals surface area contributed by atoms with Crippen LogP contribution in [0.2, 0.25) is 5.02 Å². The summed E-state index contributed by atoms with van der Waals surface area (Å²) in [4.78, 5) is 10.6. The maximum absolute atomic E-state index is 13.3. The Kier molecular flexibility index (Phi) is 3.14. The van der Waals surface area contributed by atoms with Gasteiger partial charge in [0.2, 0.25) is 0 Å². The molecule has 0 saturated heterocycles. The van der Waals surface area contributed by atoms with Gasteiger partial charge in [0.25, 0.3) is 0 Å². The van der Waals surface area contributed by atoms with Crippen molar-refractivity contribution in [3.05, 3.63) is 28.3 Å². The predicted octanol–water partition coefficient (Wildman–Crippen LogP) is 2.51. The van der Waals surface area contributed by atoms with Gasteiger partial charge in [-0.25, -0.2) is 8.78 Å². The average molecular weight is 237 g/mol. The Morgan fingerprint density at radius 3 is 2.53 bits per heavy atom. The van der Waals surface area contributed by atoms with Crippen LogP contribution in [0.15, 0.2) is 6.07 Å². The molecular formula is C9H7ClF2O3. The maximum atomic E-state index is 13.3. The maximum Gasteiger partial charge on any atom is 0.310 e. The van der Waals surface area contributed by atoms with E-state index in [9.17, 15) is 18.7 Å². The first kappa shape index (κ1) is 11.7. The third kappa shape index (κ3) is 2.02. The van der Waals surface area contributed by atoms with Crippen molar-refractivity contribution in [1.82, 2.24) is 0 Å². The number of hydrogen-bond donors (Lipinski definition) is 2. The molecule has 82 valence electrons. The van der Waals surface area contributed by atoms with Gasteiger partial charge in [0.1, 0.15) is 16.6 Å². The highest BCUT2D eigenvalue weighted by molar-refractivity contribution is 6.31. The van der Waals surface area contributed by atoms with Gasteiger partial charge in [0.05, 0.1) is 5.92 Å². The first-order chi connectivity index (χ1) is 6.86. The van der Waals surface area contributed by atoms with Crippen LogP contribution in [0, 0.1) is 11.6 Å². The van der Waals surface area contributed by atoms with E-state index in [-0.39, 0.29) is 0 Å². The zero-order valence-electron chi connectivity index (χ0n) is 7.59. The van der Waals surface area contributed by atoms with E-state index in [0.29, 0.717) is 6.07 Å². The van der Waals surface area contributed by atoms with E-state index >= 15 is 0 Å². The van der Waals surface area contributed by atoms with Gasteiger partial charge in [-0.05, 0) is 6.92 Å². The van der Waals surface area contributed by atoms with Gasteiger partial charge in [-0.1, -0.05) is 11.6 Å². The van der Waals surface area contributed by atoms with E-state index in [1.54, 1.807) is 0 Å². The Bertz CT molecular complexity index is 420. The number of carboxylic acid groups (broad SMARTS) is 1. The van der Waals surface area contributed by atoms with Gasteiger partial charge < -0.3 is 10.2 Å². The molecule has 1 unspecified atom stereocenters. The van der Waals surface area contributed by atoms with Crippen molar-refractivity contribution in [1.29, 1.82) is 0 Å². The smallest absolute Gasteiger partial charge is 0.310 e. The molecule has 1 atom stereocenters. The van der Waals surface area contributed by atoms with Crippen LogP contribution in [0.3, 0.4) is 0 Å². The fourth-order valence-corrected chi connectivity index (χ4v) is 1.29. The monoisotopic (exact) mass is 236 g/mol. The Balaban J connectivity index is 3.42. The predicted molar refractivity (Wildman–Crippen MR) is 49.1 cm³/mol. The second kappa shape index (κ2) is 4.02. The van der Waals surface area contributed by atoms with E-state index < -0.39 is 39.9 Å². The molecule has 0 spiro atoms. The van der Waals surface area contributed by atoms with Gasteiger partial charge in [0.15, 0.2) is 5.82 Å². The van der Waals surface area contributed by atoms with Gasteiger partial charge in [0, 0.05) is 11.6 Å². The SMILES string of the molecule is CC(C(=O)O)c1c(O)cc(F)c(Cl)c1F. The van der Waals surface area contributed by atoms with E-state index in [1.807, 2.05) is 0 Å². The molecule has 0 aliphatic heterocycles. The summed E-state index contributed by atoms with van der Waals surface area (Å²) in [6.45, 7) is 1.16. The number of hydrogen-bond acceptors (Lipinski definition) is 2. The van der Waals surface area contributed by atoms with E-state index in [1.165, 1.54) is 0 Å². The minimum atomic E-state index is -1.34. The molecule has 6 heteroatoms. The second-order valence-corrected chi connectivity index (χ2v) is 3.36. The molecular weight excluding hydrogens is 230 g/mol. The highest BCUT2D eigenvalue weighted by atomic mass is 35.5. The Labute approximate surface area is 88.9 Å². The summed E-state index contributed by atoms with van der Waals surface area (Å²) in [6.07, 6.45) is 0. The molecule has 0 saturated carbocycles. The number of rotatable bonds is 2. The van der Waals surface area contributed by atoms with Crippen LogP contribution in [-0.2, 0) is 4.79 Å². The summed E-state index contributed by atoms with van der Waals surface area (Å²) in [7, 11) is 0. The van der Waals surface area contributed by atoms with Gasteiger partial charge in [-0.15, -0.1) is 0 Å². The van der Waals surface area contributed by atoms with E-state index in [2.05, 4.69) is 0 Å². The van der Waals surface area contributed by atoms with Crippen LogP contribution in [0.25, 0.3) is 0 Å². The quantitative estimate of drug-likeness (QED) is 0.776. The summed E-state index contributed by atoms with van der Waals surface area (Å²) < 4.78 is 26.1. The number of phenolic OH excluding ortho intramolecular Hbond substituents is 1. The number of halogens is 3. The molecule has 2 N–H and O–H groups in total.